The third-order valence-corrected chi connectivity index (χ3v) is 4.42. The molecular weight excluding hydrogens is 332 g/mol. The molecule has 1 aromatic rings. The van der Waals surface area contributed by atoms with Gasteiger partial charge in [0.25, 0.3) is 0 Å². The minimum atomic E-state index is -4.74. The molecule has 0 saturated carbocycles. The molecule has 0 radical (unpaired) electrons. The summed E-state index contributed by atoms with van der Waals surface area (Å²) < 4.78 is 47.5. The quantitative estimate of drug-likeness (QED) is 0.774. The van der Waals surface area contributed by atoms with Gasteiger partial charge in [0.1, 0.15) is 11.1 Å². The monoisotopic (exact) mass is 339 g/mol. The number of halogens is 3. The molecule has 1 unspecified atom stereocenters. The Morgan fingerprint density at radius 1 is 1.39 bits per heavy atom. The van der Waals surface area contributed by atoms with Crippen molar-refractivity contribution in [2.24, 2.45) is 0 Å². The summed E-state index contributed by atoms with van der Waals surface area (Å²) in [6.07, 6.45) is -0.395. The first-order chi connectivity index (χ1) is 8.29. The number of rotatable bonds is 2. The summed E-state index contributed by atoms with van der Waals surface area (Å²) in [7, 11) is -4.74. The van der Waals surface area contributed by atoms with E-state index >= 15 is 0 Å². The lowest BCUT2D eigenvalue weighted by Crippen LogP contribution is -2.26. The van der Waals surface area contributed by atoms with Gasteiger partial charge in [-0.1, -0.05) is 0 Å². The molecule has 1 saturated heterocycles. The smallest absolute Gasteiger partial charge is 0.307 e. The highest BCUT2D eigenvalue weighted by molar-refractivity contribution is 9.10. The number of anilines is 1. The van der Waals surface area contributed by atoms with Crippen LogP contribution >= 0.6 is 15.9 Å². The van der Waals surface area contributed by atoms with E-state index in [4.69, 9.17) is 0 Å². The molecule has 1 atom stereocenters. The zero-order valence-electron chi connectivity index (χ0n) is 8.94. The molecule has 0 aromatic heterocycles. The molecule has 0 spiro atoms. The van der Waals surface area contributed by atoms with E-state index in [2.05, 4.69) is 15.9 Å². The number of nitrogens with zero attached hydrogens (tertiary/aromatic N) is 1. The summed E-state index contributed by atoms with van der Waals surface area (Å²) in [4.78, 5) is 12.7. The van der Waals surface area contributed by atoms with E-state index < -0.39 is 33.6 Å². The van der Waals surface area contributed by atoms with Crippen molar-refractivity contribution in [1.82, 2.24) is 0 Å². The summed E-state index contributed by atoms with van der Waals surface area (Å²) in [5.41, 5.74) is 0.333. The van der Waals surface area contributed by atoms with Gasteiger partial charge in [0, 0.05) is 18.7 Å². The first kappa shape index (κ1) is 13.4. The van der Waals surface area contributed by atoms with Gasteiger partial charge in [-0.2, -0.15) is 8.42 Å². The van der Waals surface area contributed by atoms with E-state index in [1.807, 2.05) is 0 Å². The predicted octanol–water partition coefficient (Wildman–Crippen LogP) is 1.99. The number of carbonyl (C=O) groups excluding carboxylic acids is 1. The van der Waals surface area contributed by atoms with E-state index in [9.17, 15) is 21.5 Å². The third-order valence-electron chi connectivity index (χ3n) is 2.70. The van der Waals surface area contributed by atoms with Crippen LogP contribution in [0.15, 0.2) is 22.7 Å². The van der Waals surface area contributed by atoms with Crippen LogP contribution in [0.2, 0.25) is 0 Å². The van der Waals surface area contributed by atoms with E-state index in [-0.39, 0.29) is 11.0 Å². The van der Waals surface area contributed by atoms with Gasteiger partial charge < -0.3 is 4.90 Å². The molecule has 1 aliphatic rings. The molecule has 0 aliphatic carbocycles. The van der Waals surface area contributed by atoms with Gasteiger partial charge >= 0.3 is 10.2 Å². The molecule has 0 N–H and O–H groups in total. The van der Waals surface area contributed by atoms with Crippen molar-refractivity contribution >= 4 is 37.7 Å². The Morgan fingerprint density at radius 3 is 2.56 bits per heavy atom. The van der Waals surface area contributed by atoms with Gasteiger partial charge in [-0.25, -0.2) is 4.39 Å². The van der Waals surface area contributed by atoms with Crippen LogP contribution in [0.4, 0.5) is 14.0 Å². The molecule has 1 fully saturated rings. The van der Waals surface area contributed by atoms with Gasteiger partial charge in [0.05, 0.1) is 4.47 Å². The van der Waals surface area contributed by atoms with Gasteiger partial charge in [-0.15, -0.1) is 3.89 Å². The fourth-order valence-corrected chi connectivity index (χ4v) is 2.80. The lowest BCUT2D eigenvalue weighted by atomic mass is 10.3. The molecule has 1 aromatic carbocycles. The molecule has 1 amide bonds. The van der Waals surface area contributed by atoms with Crippen LogP contribution in [-0.2, 0) is 15.0 Å². The Kier molecular flexibility index (Phi) is 3.41. The van der Waals surface area contributed by atoms with Crippen molar-refractivity contribution in [1.29, 1.82) is 0 Å². The second-order valence-corrected chi connectivity index (χ2v) is 6.38. The van der Waals surface area contributed by atoms with Crippen molar-refractivity contribution in [3.8, 4) is 0 Å². The molecule has 1 aliphatic heterocycles. The van der Waals surface area contributed by atoms with Crippen LogP contribution in [0.25, 0.3) is 0 Å². The Labute approximate surface area is 111 Å². The van der Waals surface area contributed by atoms with Crippen LogP contribution in [-0.4, -0.2) is 26.1 Å². The van der Waals surface area contributed by atoms with E-state index in [0.717, 1.165) is 11.0 Å². The maximum absolute atomic E-state index is 13.0. The second kappa shape index (κ2) is 4.58. The highest BCUT2D eigenvalue weighted by Gasteiger charge is 2.39. The lowest BCUT2D eigenvalue weighted by molar-refractivity contribution is -0.117. The summed E-state index contributed by atoms with van der Waals surface area (Å²) in [5.74, 6) is -1.00. The first-order valence-corrected chi connectivity index (χ1v) is 7.22. The normalized spacial score (nSPS) is 20.5. The largest absolute Gasteiger partial charge is 0.311 e. The van der Waals surface area contributed by atoms with Crippen LogP contribution < -0.4 is 4.90 Å². The number of hydrogen-bond donors (Lipinski definition) is 0. The summed E-state index contributed by atoms with van der Waals surface area (Å²) in [6.45, 7) is -0.254. The first-order valence-electron chi connectivity index (χ1n) is 4.98. The molecule has 1 heterocycles. The van der Waals surface area contributed by atoms with Gasteiger partial charge in [-0.05, 0) is 34.1 Å². The Hall–Kier alpha value is -1.02. The van der Waals surface area contributed by atoms with Gasteiger partial charge in [0.15, 0.2) is 0 Å². The molecular formula is C10H8BrF2NO3S. The number of amides is 1. The molecule has 0 bridgehead atoms. The highest BCUT2D eigenvalue weighted by atomic mass is 79.9. The van der Waals surface area contributed by atoms with E-state index in [1.54, 1.807) is 0 Å². The van der Waals surface area contributed by atoms with Gasteiger partial charge in [-0.3, -0.25) is 4.79 Å². The van der Waals surface area contributed by atoms with E-state index in [1.165, 1.54) is 12.1 Å². The molecule has 98 valence electrons. The molecule has 8 heteroatoms. The van der Waals surface area contributed by atoms with Crippen molar-refractivity contribution in [2.75, 3.05) is 11.4 Å². The van der Waals surface area contributed by atoms with Crippen molar-refractivity contribution in [2.45, 2.75) is 11.7 Å². The molecule has 18 heavy (non-hydrogen) atoms. The van der Waals surface area contributed by atoms with Crippen LogP contribution in [0, 0.1) is 5.82 Å². The van der Waals surface area contributed by atoms with Crippen LogP contribution in [0.5, 0.6) is 0 Å². The van der Waals surface area contributed by atoms with Crippen molar-refractivity contribution < 1.29 is 21.5 Å². The van der Waals surface area contributed by atoms with Crippen LogP contribution in [0.1, 0.15) is 6.42 Å². The second-order valence-electron chi connectivity index (χ2n) is 3.90. The lowest BCUT2D eigenvalue weighted by Gasteiger charge is -2.16. The van der Waals surface area contributed by atoms with Crippen LogP contribution in [0.3, 0.4) is 0 Å². The predicted molar refractivity (Wildman–Crippen MR) is 64.9 cm³/mol. The minimum Gasteiger partial charge on any atom is -0.311 e. The minimum absolute atomic E-state index is 0.152. The molecule has 4 nitrogen and oxygen atoms in total. The Morgan fingerprint density at radius 2 is 2.06 bits per heavy atom. The summed E-state index contributed by atoms with van der Waals surface area (Å²) >= 11 is 2.96. The average molecular weight is 340 g/mol. The number of carbonyl (C=O) groups is 1. The van der Waals surface area contributed by atoms with E-state index in [0.29, 0.717) is 5.69 Å². The third kappa shape index (κ3) is 2.54. The summed E-state index contributed by atoms with van der Waals surface area (Å²) in [5, 5.41) is -1.35. The standard InChI is InChI=1S/C10H8BrF2NO3S/c11-8-3-6(1-2-9(8)12)14-5-7(4-10(14)15)18(13,16)17/h1-3,7H,4-5H2. The van der Waals surface area contributed by atoms with Gasteiger partial charge in [0.2, 0.25) is 5.91 Å². The zero-order valence-corrected chi connectivity index (χ0v) is 11.3. The van der Waals surface area contributed by atoms with Crippen molar-refractivity contribution in [3.05, 3.63) is 28.5 Å². The highest BCUT2D eigenvalue weighted by Crippen LogP contribution is 2.28. The maximum atomic E-state index is 13.0. The van der Waals surface area contributed by atoms with Crippen molar-refractivity contribution in [3.63, 3.8) is 0 Å². The summed E-state index contributed by atoms with van der Waals surface area (Å²) in [6, 6.07) is 3.83. The zero-order chi connectivity index (χ0) is 13.5. The molecule has 2 rings (SSSR count). The maximum Gasteiger partial charge on any atom is 0.307 e. The fourth-order valence-electron chi connectivity index (χ4n) is 1.77. The average Bonchev–Trinajstić information content (AvgIpc) is 2.64. The fraction of sp³-hybridized carbons (Fsp3) is 0.300. The Bertz CT molecular complexity index is 605. The number of benzene rings is 1. The number of hydrogen-bond acceptors (Lipinski definition) is 3. The topological polar surface area (TPSA) is 54.5 Å². The SMILES string of the molecule is O=C1CC(S(=O)(=O)F)CN1c1ccc(F)c(Br)c1. The Balaban J connectivity index is 2.30.